The monoisotopic (exact) mass is 282 g/mol. The summed E-state index contributed by atoms with van der Waals surface area (Å²) in [5.74, 6) is -0.120. The zero-order valence-corrected chi connectivity index (χ0v) is 10.7. The molecular formula is C13H5Cl3O. The van der Waals surface area contributed by atoms with Crippen LogP contribution in [0.15, 0.2) is 30.3 Å². The number of benzene rings is 2. The molecule has 0 saturated heterocycles. The number of halogens is 3. The smallest absolute Gasteiger partial charge is 0.195 e. The molecule has 84 valence electrons. The molecule has 4 heteroatoms. The summed E-state index contributed by atoms with van der Waals surface area (Å²) in [4.78, 5) is 12.2. The third-order valence-electron chi connectivity index (χ3n) is 2.81. The molecule has 2 aromatic rings. The molecule has 1 aliphatic carbocycles. The highest BCUT2D eigenvalue weighted by Gasteiger charge is 2.30. The molecule has 0 saturated carbocycles. The summed E-state index contributed by atoms with van der Waals surface area (Å²) in [7, 11) is 0. The van der Waals surface area contributed by atoms with Gasteiger partial charge in [0.15, 0.2) is 5.78 Å². The van der Waals surface area contributed by atoms with Gasteiger partial charge < -0.3 is 0 Å². The van der Waals surface area contributed by atoms with Crippen molar-refractivity contribution in [1.82, 2.24) is 0 Å². The van der Waals surface area contributed by atoms with Crippen LogP contribution >= 0.6 is 34.8 Å². The molecule has 0 heterocycles. The molecule has 2 aromatic carbocycles. The molecule has 0 aliphatic heterocycles. The standard InChI is InChI=1S/C13H5Cl3O/c14-6-4-8-11(10(16)5-6)7-2-1-3-9(15)12(7)13(8)17/h1-5H. The van der Waals surface area contributed by atoms with Crippen molar-refractivity contribution in [3.8, 4) is 11.1 Å². The first-order chi connectivity index (χ1) is 8.09. The van der Waals surface area contributed by atoms with Crippen molar-refractivity contribution in [3.63, 3.8) is 0 Å². The van der Waals surface area contributed by atoms with Gasteiger partial charge in [-0.1, -0.05) is 46.9 Å². The van der Waals surface area contributed by atoms with Crippen LogP contribution in [-0.4, -0.2) is 5.78 Å². The normalized spacial score (nSPS) is 12.5. The highest BCUT2D eigenvalue weighted by Crippen LogP contribution is 2.44. The summed E-state index contributed by atoms with van der Waals surface area (Å²) in [6.07, 6.45) is 0. The minimum atomic E-state index is -0.120. The summed E-state index contributed by atoms with van der Waals surface area (Å²) in [6, 6.07) is 8.59. The Hall–Kier alpha value is -1.02. The molecule has 1 nitrogen and oxygen atoms in total. The third-order valence-corrected chi connectivity index (χ3v) is 3.64. The summed E-state index contributed by atoms with van der Waals surface area (Å²) in [5, 5.41) is 1.36. The first-order valence-corrected chi connectivity index (χ1v) is 6.05. The van der Waals surface area contributed by atoms with Gasteiger partial charge in [-0.3, -0.25) is 4.79 Å². The highest BCUT2D eigenvalue weighted by molar-refractivity contribution is 6.42. The van der Waals surface area contributed by atoms with Gasteiger partial charge >= 0.3 is 0 Å². The number of hydrogen-bond donors (Lipinski definition) is 0. The van der Waals surface area contributed by atoms with Crippen LogP contribution in [-0.2, 0) is 0 Å². The van der Waals surface area contributed by atoms with E-state index in [4.69, 9.17) is 34.8 Å². The van der Waals surface area contributed by atoms with Gasteiger partial charge in [0.1, 0.15) is 0 Å². The summed E-state index contributed by atoms with van der Waals surface area (Å²) >= 11 is 18.1. The lowest BCUT2D eigenvalue weighted by molar-refractivity contribution is 0.104. The molecule has 0 aromatic heterocycles. The number of ketones is 1. The molecule has 0 atom stereocenters. The minimum absolute atomic E-state index is 0.120. The Morgan fingerprint density at radius 3 is 2.35 bits per heavy atom. The number of carbonyl (C=O) groups is 1. The molecule has 0 fully saturated rings. The maximum atomic E-state index is 12.2. The van der Waals surface area contributed by atoms with Gasteiger partial charge in [-0.25, -0.2) is 0 Å². The fourth-order valence-electron chi connectivity index (χ4n) is 2.12. The van der Waals surface area contributed by atoms with Crippen LogP contribution in [0.3, 0.4) is 0 Å². The van der Waals surface area contributed by atoms with Crippen molar-refractivity contribution in [2.75, 3.05) is 0 Å². The molecule has 0 amide bonds. The van der Waals surface area contributed by atoms with Crippen LogP contribution in [0.25, 0.3) is 11.1 Å². The molecule has 0 radical (unpaired) electrons. The molecule has 0 bridgehead atoms. The van der Waals surface area contributed by atoms with Gasteiger partial charge in [-0.2, -0.15) is 0 Å². The zero-order valence-electron chi connectivity index (χ0n) is 8.43. The van der Waals surface area contributed by atoms with Gasteiger partial charge in [-0.15, -0.1) is 0 Å². The lowest BCUT2D eigenvalue weighted by Gasteiger charge is -2.03. The third kappa shape index (κ3) is 1.50. The van der Waals surface area contributed by atoms with Gasteiger partial charge in [0.2, 0.25) is 0 Å². The van der Waals surface area contributed by atoms with Crippen molar-refractivity contribution in [1.29, 1.82) is 0 Å². The minimum Gasteiger partial charge on any atom is -0.289 e. The predicted molar refractivity (Wildman–Crippen MR) is 70.3 cm³/mol. The molecule has 1 aliphatic rings. The summed E-state index contributed by atoms with van der Waals surface area (Å²) < 4.78 is 0. The zero-order chi connectivity index (χ0) is 12.2. The van der Waals surface area contributed by atoms with E-state index in [1.165, 1.54) is 0 Å². The molecule has 17 heavy (non-hydrogen) atoms. The Labute approximate surface area is 113 Å². The van der Waals surface area contributed by atoms with E-state index in [2.05, 4.69) is 0 Å². The van der Waals surface area contributed by atoms with Crippen LogP contribution in [0, 0.1) is 0 Å². The lowest BCUT2D eigenvalue weighted by atomic mass is 10.1. The van der Waals surface area contributed by atoms with Crippen molar-refractivity contribution < 1.29 is 4.79 Å². The number of fused-ring (bicyclic) bond motifs is 3. The lowest BCUT2D eigenvalue weighted by Crippen LogP contribution is -1.95. The van der Waals surface area contributed by atoms with Crippen molar-refractivity contribution >= 4 is 40.6 Å². The Morgan fingerprint density at radius 1 is 0.824 bits per heavy atom. The maximum absolute atomic E-state index is 12.2. The second-order valence-electron chi connectivity index (χ2n) is 3.80. The Morgan fingerprint density at radius 2 is 1.59 bits per heavy atom. The van der Waals surface area contributed by atoms with E-state index in [1.807, 2.05) is 6.07 Å². The van der Waals surface area contributed by atoms with Crippen LogP contribution in [0.1, 0.15) is 15.9 Å². The van der Waals surface area contributed by atoms with E-state index in [0.29, 0.717) is 26.2 Å². The number of rotatable bonds is 0. The quantitative estimate of drug-likeness (QED) is 0.576. The number of hydrogen-bond acceptors (Lipinski definition) is 1. The molecule has 3 rings (SSSR count). The number of carbonyl (C=O) groups excluding carboxylic acids is 1. The van der Waals surface area contributed by atoms with Crippen LogP contribution in [0.5, 0.6) is 0 Å². The largest absolute Gasteiger partial charge is 0.289 e. The van der Waals surface area contributed by atoms with E-state index in [9.17, 15) is 4.79 Å². The summed E-state index contributed by atoms with van der Waals surface area (Å²) in [6.45, 7) is 0. The fourth-order valence-corrected chi connectivity index (χ4v) is 2.98. The highest BCUT2D eigenvalue weighted by atomic mass is 35.5. The van der Waals surface area contributed by atoms with E-state index in [-0.39, 0.29) is 5.78 Å². The van der Waals surface area contributed by atoms with Crippen LogP contribution < -0.4 is 0 Å². The molecule has 0 spiro atoms. The molecular weight excluding hydrogens is 279 g/mol. The van der Waals surface area contributed by atoms with E-state index >= 15 is 0 Å². The van der Waals surface area contributed by atoms with Crippen molar-refractivity contribution in [2.45, 2.75) is 0 Å². The SMILES string of the molecule is O=C1c2cc(Cl)cc(Cl)c2-c2cccc(Cl)c21. The maximum Gasteiger partial charge on any atom is 0.195 e. The first-order valence-electron chi connectivity index (χ1n) is 4.92. The first kappa shape index (κ1) is 11.1. The fraction of sp³-hybridized carbons (Fsp3) is 0. The van der Waals surface area contributed by atoms with Gasteiger partial charge in [-0.05, 0) is 23.8 Å². The van der Waals surface area contributed by atoms with Gasteiger partial charge in [0, 0.05) is 21.7 Å². The van der Waals surface area contributed by atoms with E-state index in [1.54, 1.807) is 24.3 Å². The Kier molecular flexibility index (Phi) is 2.44. The van der Waals surface area contributed by atoms with Crippen LogP contribution in [0.4, 0.5) is 0 Å². The van der Waals surface area contributed by atoms with Crippen LogP contribution in [0.2, 0.25) is 15.1 Å². The average Bonchev–Trinajstić information content (AvgIpc) is 2.54. The Bertz CT molecular complexity index is 662. The molecule has 0 unspecified atom stereocenters. The second kappa shape index (κ2) is 3.74. The van der Waals surface area contributed by atoms with E-state index in [0.717, 1.165) is 11.1 Å². The topological polar surface area (TPSA) is 17.1 Å². The van der Waals surface area contributed by atoms with Crippen molar-refractivity contribution in [3.05, 3.63) is 56.5 Å². The van der Waals surface area contributed by atoms with Crippen molar-refractivity contribution in [2.24, 2.45) is 0 Å². The Balaban J connectivity index is 2.44. The average molecular weight is 284 g/mol. The van der Waals surface area contributed by atoms with Gasteiger partial charge in [0.05, 0.1) is 10.0 Å². The van der Waals surface area contributed by atoms with Gasteiger partial charge in [0.25, 0.3) is 0 Å². The second-order valence-corrected chi connectivity index (χ2v) is 5.05. The summed E-state index contributed by atoms with van der Waals surface area (Å²) in [5.41, 5.74) is 2.52. The van der Waals surface area contributed by atoms with E-state index < -0.39 is 0 Å². The molecule has 0 N–H and O–H groups in total. The predicted octanol–water partition coefficient (Wildman–Crippen LogP) is 4.86.